The van der Waals surface area contributed by atoms with Crippen molar-refractivity contribution in [1.82, 2.24) is 15.2 Å². The maximum Gasteiger partial charge on any atom is 0.407 e. The molecule has 1 aliphatic heterocycles. The number of amides is 2. The van der Waals surface area contributed by atoms with Crippen molar-refractivity contribution in [3.8, 4) is 5.88 Å². The largest absolute Gasteiger partial charge is 0.477 e. The van der Waals surface area contributed by atoms with Gasteiger partial charge in [0.25, 0.3) is 5.91 Å². The van der Waals surface area contributed by atoms with Gasteiger partial charge < -0.3 is 19.7 Å². The molecular weight excluding hydrogens is 334 g/mol. The lowest BCUT2D eigenvalue weighted by Gasteiger charge is -2.32. The van der Waals surface area contributed by atoms with E-state index >= 15 is 0 Å². The highest BCUT2D eigenvalue weighted by molar-refractivity contribution is 5.96. The van der Waals surface area contributed by atoms with Crippen molar-refractivity contribution < 1.29 is 19.1 Å². The van der Waals surface area contributed by atoms with Gasteiger partial charge in [0.1, 0.15) is 11.2 Å². The van der Waals surface area contributed by atoms with Gasteiger partial charge in [-0.05, 0) is 58.6 Å². The van der Waals surface area contributed by atoms with E-state index < -0.39 is 11.7 Å². The Balaban J connectivity index is 1.83. The zero-order valence-corrected chi connectivity index (χ0v) is 16.1. The molecule has 1 N–H and O–H groups in total. The summed E-state index contributed by atoms with van der Waals surface area (Å²) in [4.78, 5) is 30.4. The Bertz CT molecular complexity index is 619. The number of alkyl carbamates (subject to hydrolysis) is 1. The lowest BCUT2D eigenvalue weighted by molar-refractivity contribution is 0.0499. The summed E-state index contributed by atoms with van der Waals surface area (Å²) in [5, 5.41) is 2.82. The number of piperidine rings is 1. The number of hydrogen-bond acceptors (Lipinski definition) is 5. The van der Waals surface area contributed by atoms with Crippen LogP contribution >= 0.6 is 0 Å². The van der Waals surface area contributed by atoms with Crippen molar-refractivity contribution in [3.63, 3.8) is 0 Å². The number of nitrogens with zero attached hydrogens (tertiary/aromatic N) is 2. The molecular formula is C19H29N3O4. The van der Waals surface area contributed by atoms with E-state index in [-0.39, 0.29) is 5.91 Å². The molecule has 144 valence electrons. The molecule has 0 atom stereocenters. The number of aromatic nitrogens is 1. The summed E-state index contributed by atoms with van der Waals surface area (Å²) < 4.78 is 10.7. The van der Waals surface area contributed by atoms with Gasteiger partial charge in [0.15, 0.2) is 0 Å². The van der Waals surface area contributed by atoms with Crippen LogP contribution < -0.4 is 10.1 Å². The highest BCUT2D eigenvalue weighted by Gasteiger charge is 2.26. The van der Waals surface area contributed by atoms with Crippen LogP contribution in [0, 0.1) is 5.92 Å². The monoisotopic (exact) mass is 363 g/mol. The molecule has 0 aromatic carbocycles. The van der Waals surface area contributed by atoms with E-state index in [4.69, 9.17) is 9.47 Å². The Morgan fingerprint density at radius 3 is 2.62 bits per heavy atom. The van der Waals surface area contributed by atoms with Crippen molar-refractivity contribution >= 4 is 12.0 Å². The second-order valence-corrected chi connectivity index (χ2v) is 7.41. The molecule has 0 unspecified atom stereocenters. The van der Waals surface area contributed by atoms with Crippen LogP contribution in [0.25, 0.3) is 0 Å². The molecule has 1 aromatic rings. The molecule has 1 aromatic heterocycles. The summed E-state index contributed by atoms with van der Waals surface area (Å²) in [7, 11) is 0. The van der Waals surface area contributed by atoms with E-state index in [1.807, 2.05) is 32.6 Å². The first-order chi connectivity index (χ1) is 12.3. The van der Waals surface area contributed by atoms with Crippen LogP contribution in [-0.4, -0.2) is 53.7 Å². The third-order valence-corrected chi connectivity index (χ3v) is 4.12. The van der Waals surface area contributed by atoms with Gasteiger partial charge in [-0.1, -0.05) is 0 Å². The molecule has 26 heavy (non-hydrogen) atoms. The average molecular weight is 363 g/mol. The van der Waals surface area contributed by atoms with Gasteiger partial charge in [-0.3, -0.25) is 4.79 Å². The summed E-state index contributed by atoms with van der Waals surface area (Å²) in [6.07, 6.45) is 2.90. The van der Waals surface area contributed by atoms with Crippen LogP contribution in [0.5, 0.6) is 5.88 Å². The van der Waals surface area contributed by atoms with E-state index in [0.29, 0.717) is 43.6 Å². The topological polar surface area (TPSA) is 80.8 Å². The van der Waals surface area contributed by atoms with E-state index in [0.717, 1.165) is 12.8 Å². The fraction of sp³-hybridized carbons (Fsp3) is 0.632. The Kier molecular flexibility index (Phi) is 6.83. The Labute approximate surface area is 155 Å². The predicted octanol–water partition coefficient (Wildman–Crippen LogP) is 2.86. The molecule has 7 nitrogen and oxygen atoms in total. The van der Waals surface area contributed by atoms with E-state index in [1.165, 1.54) is 0 Å². The van der Waals surface area contributed by atoms with Crippen LogP contribution in [0.1, 0.15) is 50.9 Å². The van der Waals surface area contributed by atoms with Crippen molar-refractivity contribution in [2.24, 2.45) is 5.92 Å². The summed E-state index contributed by atoms with van der Waals surface area (Å²) in [5.74, 6) is 0.667. The molecule has 0 bridgehead atoms. The molecule has 0 spiro atoms. The minimum absolute atomic E-state index is 0.0555. The van der Waals surface area contributed by atoms with Crippen molar-refractivity contribution in [3.05, 3.63) is 23.9 Å². The standard InChI is InChI=1S/C19H29N3O4/c1-5-25-16-15(7-6-10-20-16)17(23)22-11-8-14(9-12-22)13-21-18(24)26-19(2,3)4/h6-7,10,14H,5,8-9,11-13H2,1-4H3,(H,21,24). The molecule has 2 heterocycles. The minimum atomic E-state index is -0.498. The summed E-state index contributed by atoms with van der Waals surface area (Å²) in [6.45, 7) is 9.72. The van der Waals surface area contributed by atoms with Crippen LogP contribution in [0.4, 0.5) is 4.79 Å². The van der Waals surface area contributed by atoms with Crippen LogP contribution in [0.15, 0.2) is 18.3 Å². The second kappa shape index (κ2) is 8.87. The first-order valence-corrected chi connectivity index (χ1v) is 9.14. The third-order valence-electron chi connectivity index (χ3n) is 4.12. The average Bonchev–Trinajstić information content (AvgIpc) is 2.59. The van der Waals surface area contributed by atoms with E-state index in [1.54, 1.807) is 18.3 Å². The number of ether oxygens (including phenoxy) is 2. The van der Waals surface area contributed by atoms with Gasteiger partial charge in [0.2, 0.25) is 5.88 Å². The molecule has 0 aliphatic carbocycles. The smallest absolute Gasteiger partial charge is 0.407 e. The van der Waals surface area contributed by atoms with Gasteiger partial charge in [0, 0.05) is 25.8 Å². The Morgan fingerprint density at radius 2 is 2.00 bits per heavy atom. The van der Waals surface area contributed by atoms with Gasteiger partial charge in [0.05, 0.1) is 6.61 Å². The Hall–Kier alpha value is -2.31. The van der Waals surface area contributed by atoms with Gasteiger partial charge >= 0.3 is 6.09 Å². The first kappa shape index (κ1) is 20.0. The van der Waals surface area contributed by atoms with Gasteiger partial charge in [-0.25, -0.2) is 9.78 Å². The number of hydrogen-bond donors (Lipinski definition) is 1. The van der Waals surface area contributed by atoms with Crippen LogP contribution in [0.2, 0.25) is 0 Å². The van der Waals surface area contributed by atoms with E-state index in [2.05, 4.69) is 10.3 Å². The highest BCUT2D eigenvalue weighted by atomic mass is 16.6. The molecule has 2 rings (SSSR count). The molecule has 2 amide bonds. The minimum Gasteiger partial charge on any atom is -0.477 e. The zero-order valence-electron chi connectivity index (χ0n) is 16.1. The summed E-state index contributed by atoms with van der Waals surface area (Å²) in [5.41, 5.74) is 0.00154. The normalized spacial score (nSPS) is 15.5. The van der Waals surface area contributed by atoms with Gasteiger partial charge in [-0.2, -0.15) is 0 Å². The van der Waals surface area contributed by atoms with Crippen LogP contribution in [0.3, 0.4) is 0 Å². The number of nitrogens with one attached hydrogen (secondary N) is 1. The molecule has 1 fully saturated rings. The highest BCUT2D eigenvalue weighted by Crippen LogP contribution is 2.22. The maximum atomic E-state index is 12.7. The van der Waals surface area contributed by atoms with Crippen molar-refractivity contribution in [1.29, 1.82) is 0 Å². The fourth-order valence-corrected chi connectivity index (χ4v) is 2.86. The number of rotatable bonds is 5. The number of pyridine rings is 1. The molecule has 0 radical (unpaired) electrons. The zero-order chi connectivity index (χ0) is 19.2. The third kappa shape index (κ3) is 5.89. The van der Waals surface area contributed by atoms with Crippen LogP contribution in [-0.2, 0) is 4.74 Å². The number of carbonyl (C=O) groups is 2. The van der Waals surface area contributed by atoms with E-state index in [9.17, 15) is 9.59 Å². The lowest BCUT2D eigenvalue weighted by atomic mass is 9.96. The molecule has 0 saturated carbocycles. The summed E-state index contributed by atoms with van der Waals surface area (Å²) in [6, 6.07) is 3.49. The maximum absolute atomic E-state index is 12.7. The number of carbonyl (C=O) groups excluding carboxylic acids is 2. The molecule has 1 saturated heterocycles. The lowest BCUT2D eigenvalue weighted by Crippen LogP contribution is -2.42. The molecule has 1 aliphatic rings. The quantitative estimate of drug-likeness (QED) is 0.870. The predicted molar refractivity (Wildman–Crippen MR) is 98.3 cm³/mol. The van der Waals surface area contributed by atoms with Gasteiger partial charge in [-0.15, -0.1) is 0 Å². The second-order valence-electron chi connectivity index (χ2n) is 7.41. The molecule has 7 heteroatoms. The first-order valence-electron chi connectivity index (χ1n) is 9.14. The SMILES string of the molecule is CCOc1ncccc1C(=O)N1CCC(CNC(=O)OC(C)(C)C)CC1. The number of likely N-dealkylation sites (tertiary alicyclic amines) is 1. The fourth-order valence-electron chi connectivity index (χ4n) is 2.86. The Morgan fingerprint density at radius 1 is 1.31 bits per heavy atom. The summed E-state index contributed by atoms with van der Waals surface area (Å²) >= 11 is 0. The van der Waals surface area contributed by atoms with Crippen molar-refractivity contribution in [2.75, 3.05) is 26.2 Å². The van der Waals surface area contributed by atoms with Crippen molar-refractivity contribution in [2.45, 2.75) is 46.1 Å².